The van der Waals surface area contributed by atoms with Gasteiger partial charge in [-0.3, -0.25) is 4.79 Å². The fraction of sp³-hybridized carbons (Fsp3) is 0.438. The van der Waals surface area contributed by atoms with Crippen LogP contribution in [0.2, 0.25) is 0 Å². The molecule has 0 aliphatic carbocycles. The quantitative estimate of drug-likeness (QED) is 0.839. The average Bonchev–Trinajstić information content (AvgIpc) is 3.04. The van der Waals surface area contributed by atoms with Crippen molar-refractivity contribution < 1.29 is 17.6 Å². The lowest BCUT2D eigenvalue weighted by Crippen LogP contribution is -2.38. The highest BCUT2D eigenvalue weighted by molar-refractivity contribution is 7.90. The number of piperidine rings is 1. The summed E-state index contributed by atoms with van der Waals surface area (Å²) < 4.78 is 28.1. The summed E-state index contributed by atoms with van der Waals surface area (Å²) >= 11 is 0. The molecule has 1 aromatic heterocycles. The predicted molar refractivity (Wildman–Crippen MR) is 86.5 cm³/mol. The molecule has 8 heteroatoms. The summed E-state index contributed by atoms with van der Waals surface area (Å²) in [7, 11) is -3.49. The largest absolute Gasteiger partial charge is 0.412 e. The van der Waals surface area contributed by atoms with Crippen LogP contribution in [0.25, 0.3) is 0 Å². The van der Waals surface area contributed by atoms with Gasteiger partial charge >= 0.3 is 5.22 Å². The number of aromatic nitrogens is 2. The number of rotatable bonds is 3. The second kappa shape index (κ2) is 6.35. The third kappa shape index (κ3) is 3.48. The van der Waals surface area contributed by atoms with Crippen LogP contribution in [0.4, 0.5) is 0 Å². The van der Waals surface area contributed by atoms with Crippen molar-refractivity contribution in [2.45, 2.75) is 30.9 Å². The van der Waals surface area contributed by atoms with E-state index in [-0.39, 0.29) is 17.0 Å². The Kier molecular flexibility index (Phi) is 4.40. The van der Waals surface area contributed by atoms with E-state index in [0.29, 0.717) is 37.4 Å². The molecule has 0 saturated carbocycles. The van der Waals surface area contributed by atoms with Crippen LogP contribution >= 0.6 is 0 Å². The highest BCUT2D eigenvalue weighted by Gasteiger charge is 2.29. The fourth-order valence-corrected chi connectivity index (χ4v) is 3.25. The van der Waals surface area contributed by atoms with Crippen LogP contribution in [0, 0.1) is 6.92 Å². The van der Waals surface area contributed by atoms with E-state index in [4.69, 9.17) is 4.42 Å². The van der Waals surface area contributed by atoms with Gasteiger partial charge in [0.25, 0.3) is 5.91 Å². The minimum absolute atomic E-state index is 0.0134. The molecule has 1 aliphatic heterocycles. The monoisotopic (exact) mass is 349 g/mol. The van der Waals surface area contributed by atoms with Gasteiger partial charge in [-0.1, -0.05) is 22.8 Å². The number of nitrogens with zero attached hydrogens (tertiary/aromatic N) is 3. The van der Waals surface area contributed by atoms with Crippen molar-refractivity contribution in [3.05, 3.63) is 41.3 Å². The third-order valence-corrected chi connectivity index (χ3v) is 4.94. The van der Waals surface area contributed by atoms with Gasteiger partial charge in [0.2, 0.25) is 15.7 Å². The highest BCUT2D eigenvalue weighted by atomic mass is 32.2. The molecule has 0 atom stereocenters. The number of hydrogen-bond acceptors (Lipinski definition) is 6. The Morgan fingerprint density at radius 2 is 1.96 bits per heavy atom. The van der Waals surface area contributed by atoms with Crippen LogP contribution in [0.5, 0.6) is 0 Å². The Morgan fingerprint density at radius 3 is 2.54 bits per heavy atom. The van der Waals surface area contributed by atoms with Crippen molar-refractivity contribution in [2.24, 2.45) is 0 Å². The maximum atomic E-state index is 12.5. The van der Waals surface area contributed by atoms with Gasteiger partial charge in [-0.05, 0) is 31.9 Å². The second-order valence-electron chi connectivity index (χ2n) is 6.11. The summed E-state index contributed by atoms with van der Waals surface area (Å²) in [5.41, 5.74) is 1.74. The molecule has 0 unspecified atom stereocenters. The molecule has 128 valence electrons. The standard InChI is InChI=1S/C16H19N3O4S/c1-11-4-3-5-13(10-11)15(20)19-8-6-12(7-9-19)14-17-18-16(23-14)24(2,21)22/h3-5,10,12H,6-9H2,1-2H3. The van der Waals surface area contributed by atoms with Crippen LogP contribution in [0.1, 0.15) is 40.6 Å². The van der Waals surface area contributed by atoms with Gasteiger partial charge in [0.15, 0.2) is 0 Å². The number of benzene rings is 1. The lowest BCUT2D eigenvalue weighted by Gasteiger charge is -2.30. The number of amides is 1. The smallest absolute Gasteiger partial charge is 0.335 e. The van der Waals surface area contributed by atoms with Gasteiger partial charge in [0.05, 0.1) is 0 Å². The molecule has 2 aromatic rings. The van der Waals surface area contributed by atoms with E-state index in [1.807, 2.05) is 31.2 Å². The molecule has 0 bridgehead atoms. The van der Waals surface area contributed by atoms with Crippen molar-refractivity contribution in [1.82, 2.24) is 15.1 Å². The summed E-state index contributed by atoms with van der Waals surface area (Å²) in [6, 6.07) is 7.53. The molecular weight excluding hydrogens is 330 g/mol. The number of sulfone groups is 1. The molecule has 1 aromatic carbocycles. The maximum absolute atomic E-state index is 12.5. The average molecular weight is 349 g/mol. The van der Waals surface area contributed by atoms with Crippen molar-refractivity contribution in [2.75, 3.05) is 19.3 Å². The van der Waals surface area contributed by atoms with Crippen LogP contribution in [-0.2, 0) is 9.84 Å². The van der Waals surface area contributed by atoms with E-state index in [1.54, 1.807) is 4.90 Å². The first kappa shape index (κ1) is 16.6. The molecule has 1 amide bonds. The van der Waals surface area contributed by atoms with E-state index in [2.05, 4.69) is 10.2 Å². The molecular formula is C16H19N3O4S. The van der Waals surface area contributed by atoms with Crippen LogP contribution < -0.4 is 0 Å². The maximum Gasteiger partial charge on any atom is 0.335 e. The Balaban J connectivity index is 1.65. The summed E-state index contributed by atoms with van der Waals surface area (Å²) in [5, 5.41) is 7.08. The number of carbonyl (C=O) groups excluding carboxylic acids is 1. The summed E-state index contributed by atoms with van der Waals surface area (Å²) in [6.07, 6.45) is 2.37. The van der Waals surface area contributed by atoms with E-state index in [1.165, 1.54) is 0 Å². The zero-order chi connectivity index (χ0) is 17.3. The van der Waals surface area contributed by atoms with E-state index >= 15 is 0 Å². The van der Waals surface area contributed by atoms with Gasteiger partial charge in [0, 0.05) is 30.8 Å². The molecule has 1 fully saturated rings. The van der Waals surface area contributed by atoms with Crippen LogP contribution in [-0.4, -0.2) is 48.8 Å². The Hall–Kier alpha value is -2.22. The number of carbonyl (C=O) groups is 1. The van der Waals surface area contributed by atoms with E-state index in [9.17, 15) is 13.2 Å². The van der Waals surface area contributed by atoms with Gasteiger partial charge in [-0.2, -0.15) is 0 Å². The molecule has 0 radical (unpaired) electrons. The normalized spacial score (nSPS) is 16.3. The first-order valence-corrected chi connectivity index (χ1v) is 9.63. The fourth-order valence-electron chi connectivity index (χ4n) is 2.83. The van der Waals surface area contributed by atoms with Crippen LogP contribution in [0.15, 0.2) is 33.9 Å². The van der Waals surface area contributed by atoms with Crippen molar-refractivity contribution in [1.29, 1.82) is 0 Å². The number of hydrogen-bond donors (Lipinski definition) is 0. The molecule has 0 N–H and O–H groups in total. The van der Waals surface area contributed by atoms with Gasteiger partial charge in [-0.15, -0.1) is 5.10 Å². The van der Waals surface area contributed by atoms with Crippen molar-refractivity contribution >= 4 is 15.7 Å². The molecule has 24 heavy (non-hydrogen) atoms. The van der Waals surface area contributed by atoms with Gasteiger partial charge in [-0.25, -0.2) is 8.42 Å². The minimum atomic E-state index is -3.49. The topological polar surface area (TPSA) is 93.4 Å². The molecule has 0 spiro atoms. The predicted octanol–water partition coefficient (Wildman–Crippen LogP) is 1.80. The van der Waals surface area contributed by atoms with Crippen LogP contribution in [0.3, 0.4) is 0 Å². The molecule has 7 nitrogen and oxygen atoms in total. The number of likely N-dealkylation sites (tertiary alicyclic amines) is 1. The van der Waals surface area contributed by atoms with Crippen molar-refractivity contribution in [3.8, 4) is 0 Å². The highest BCUT2D eigenvalue weighted by Crippen LogP contribution is 2.28. The summed E-state index contributed by atoms with van der Waals surface area (Å²) in [5.74, 6) is 0.326. The summed E-state index contributed by atoms with van der Waals surface area (Å²) in [6.45, 7) is 3.11. The van der Waals surface area contributed by atoms with E-state index in [0.717, 1.165) is 11.8 Å². The summed E-state index contributed by atoms with van der Waals surface area (Å²) in [4.78, 5) is 14.3. The van der Waals surface area contributed by atoms with E-state index < -0.39 is 9.84 Å². The third-order valence-electron chi connectivity index (χ3n) is 4.14. The molecule has 1 saturated heterocycles. The lowest BCUT2D eigenvalue weighted by atomic mass is 9.96. The Bertz CT molecular complexity index is 852. The minimum Gasteiger partial charge on any atom is -0.412 e. The van der Waals surface area contributed by atoms with Gasteiger partial charge in [0.1, 0.15) is 0 Å². The zero-order valence-corrected chi connectivity index (χ0v) is 14.4. The molecule has 1 aliphatic rings. The first-order valence-electron chi connectivity index (χ1n) is 7.74. The van der Waals surface area contributed by atoms with Crippen molar-refractivity contribution in [3.63, 3.8) is 0 Å². The Morgan fingerprint density at radius 1 is 1.25 bits per heavy atom. The molecule has 3 rings (SSSR count). The van der Waals surface area contributed by atoms with Gasteiger partial charge < -0.3 is 9.32 Å². The number of aryl methyl sites for hydroxylation is 1. The Labute approximate surface area is 140 Å². The second-order valence-corrected chi connectivity index (χ2v) is 8.01. The zero-order valence-electron chi connectivity index (χ0n) is 13.6. The first-order chi connectivity index (χ1) is 11.3. The SMILES string of the molecule is Cc1cccc(C(=O)N2CCC(c3nnc(S(C)(=O)=O)o3)CC2)c1. The molecule has 2 heterocycles. The lowest BCUT2D eigenvalue weighted by molar-refractivity contribution is 0.0705.